The van der Waals surface area contributed by atoms with E-state index in [1.807, 2.05) is 20.8 Å². The molecule has 0 amide bonds. The van der Waals surface area contributed by atoms with Gasteiger partial charge in [-0.25, -0.2) is 4.39 Å². The lowest BCUT2D eigenvalue weighted by atomic mass is 9.75. The normalized spacial score (nSPS) is 33.5. The Kier molecular flexibility index (Phi) is 4.76. The molecule has 2 unspecified atom stereocenters. The van der Waals surface area contributed by atoms with Gasteiger partial charge in [-0.3, -0.25) is 0 Å². The Bertz CT molecular complexity index is 123. The smallest absolute Gasteiger partial charge is 0.116 e. The Balaban J connectivity index is 0.000000561. The van der Waals surface area contributed by atoms with Crippen molar-refractivity contribution in [3.63, 3.8) is 0 Å². The molecule has 0 aromatic carbocycles. The fraction of sp³-hybridized carbons (Fsp3) is 1.00. The maximum Gasteiger partial charge on any atom is 0.116 e. The second-order valence-electron chi connectivity index (χ2n) is 3.92. The number of hydrogen-bond acceptors (Lipinski definition) is 1. The molecule has 0 aliphatic carbocycles. The summed E-state index contributed by atoms with van der Waals surface area (Å²) in [6.07, 6.45) is -0.663. The van der Waals surface area contributed by atoms with Crippen molar-refractivity contribution in [1.82, 2.24) is 5.32 Å². The molecule has 1 nitrogen and oxygen atoms in total. The van der Waals surface area contributed by atoms with Gasteiger partial charge in [0, 0.05) is 13.1 Å². The largest absolute Gasteiger partial charge is 0.313 e. The SMILES string of the molecule is CC.CC1C(F)CNCC1(C)C. The fourth-order valence-electron chi connectivity index (χ4n) is 1.36. The average molecular weight is 175 g/mol. The predicted molar refractivity (Wildman–Crippen MR) is 52.1 cm³/mol. The fourth-order valence-corrected chi connectivity index (χ4v) is 1.36. The van der Waals surface area contributed by atoms with E-state index in [4.69, 9.17) is 0 Å². The first-order valence-electron chi connectivity index (χ1n) is 4.89. The molecule has 1 fully saturated rings. The van der Waals surface area contributed by atoms with Gasteiger partial charge < -0.3 is 5.32 Å². The number of nitrogens with one attached hydrogen (secondary N) is 1. The van der Waals surface area contributed by atoms with Crippen molar-refractivity contribution in [1.29, 1.82) is 0 Å². The molecule has 0 aromatic heterocycles. The van der Waals surface area contributed by atoms with Gasteiger partial charge in [0.2, 0.25) is 0 Å². The molecule has 1 aliphatic rings. The van der Waals surface area contributed by atoms with E-state index in [0.717, 1.165) is 6.54 Å². The molecule has 0 radical (unpaired) electrons. The van der Waals surface area contributed by atoms with Crippen molar-refractivity contribution in [3.05, 3.63) is 0 Å². The minimum atomic E-state index is -0.663. The first-order valence-corrected chi connectivity index (χ1v) is 4.89. The summed E-state index contributed by atoms with van der Waals surface area (Å²) in [7, 11) is 0. The Hall–Kier alpha value is -0.110. The predicted octanol–water partition coefficient (Wildman–Crippen LogP) is 2.62. The summed E-state index contributed by atoms with van der Waals surface area (Å²) in [4.78, 5) is 0. The van der Waals surface area contributed by atoms with Crippen LogP contribution in [-0.2, 0) is 0 Å². The summed E-state index contributed by atoms with van der Waals surface area (Å²) in [5, 5.41) is 3.08. The van der Waals surface area contributed by atoms with Gasteiger partial charge in [0.05, 0.1) is 0 Å². The molecule has 1 N–H and O–H groups in total. The lowest BCUT2D eigenvalue weighted by Gasteiger charge is -2.39. The van der Waals surface area contributed by atoms with Crippen LogP contribution in [0.15, 0.2) is 0 Å². The summed E-state index contributed by atoms with van der Waals surface area (Å²) in [5.41, 5.74) is 0.123. The van der Waals surface area contributed by atoms with E-state index in [-0.39, 0.29) is 11.3 Å². The Morgan fingerprint density at radius 3 is 2.17 bits per heavy atom. The van der Waals surface area contributed by atoms with Crippen LogP contribution >= 0.6 is 0 Å². The molecular weight excluding hydrogens is 153 g/mol. The highest BCUT2D eigenvalue weighted by molar-refractivity contribution is 4.88. The van der Waals surface area contributed by atoms with Crippen LogP contribution in [0.4, 0.5) is 4.39 Å². The van der Waals surface area contributed by atoms with Crippen molar-refractivity contribution in [2.24, 2.45) is 11.3 Å². The quantitative estimate of drug-likeness (QED) is 0.597. The zero-order valence-corrected chi connectivity index (χ0v) is 8.95. The van der Waals surface area contributed by atoms with Crippen LogP contribution in [-0.4, -0.2) is 19.3 Å². The van der Waals surface area contributed by atoms with Crippen molar-refractivity contribution >= 4 is 0 Å². The highest BCUT2D eigenvalue weighted by Crippen LogP contribution is 2.32. The summed E-state index contributed by atoms with van der Waals surface area (Å²) in [5.74, 6) is 0.189. The second kappa shape index (κ2) is 4.80. The molecular formula is C10H22FN. The second-order valence-corrected chi connectivity index (χ2v) is 3.92. The van der Waals surface area contributed by atoms with Gasteiger partial charge in [0.15, 0.2) is 0 Å². The molecule has 0 bridgehead atoms. The van der Waals surface area contributed by atoms with Gasteiger partial charge in [0.25, 0.3) is 0 Å². The van der Waals surface area contributed by atoms with E-state index in [1.165, 1.54) is 0 Å². The standard InChI is InChI=1S/C8H16FN.C2H6/c1-6-7(9)4-10-5-8(6,2)3;1-2/h6-7,10H,4-5H2,1-3H3;1-2H3. The van der Waals surface area contributed by atoms with Crippen molar-refractivity contribution < 1.29 is 4.39 Å². The third-order valence-electron chi connectivity index (χ3n) is 2.70. The molecule has 2 heteroatoms. The molecule has 0 spiro atoms. The van der Waals surface area contributed by atoms with Crippen LogP contribution in [0.2, 0.25) is 0 Å². The number of halogens is 1. The highest BCUT2D eigenvalue weighted by Gasteiger charge is 2.35. The molecule has 12 heavy (non-hydrogen) atoms. The molecule has 1 saturated heterocycles. The van der Waals surface area contributed by atoms with Crippen molar-refractivity contribution in [2.45, 2.75) is 40.8 Å². The van der Waals surface area contributed by atoms with E-state index in [1.54, 1.807) is 0 Å². The number of rotatable bonds is 0. The van der Waals surface area contributed by atoms with Crippen LogP contribution in [0.3, 0.4) is 0 Å². The number of alkyl halides is 1. The maximum atomic E-state index is 13.0. The molecule has 1 rings (SSSR count). The van der Waals surface area contributed by atoms with E-state index >= 15 is 0 Å². The van der Waals surface area contributed by atoms with Crippen LogP contribution in [0.5, 0.6) is 0 Å². The molecule has 2 atom stereocenters. The van der Waals surface area contributed by atoms with Crippen LogP contribution in [0.1, 0.15) is 34.6 Å². The molecule has 0 saturated carbocycles. The first-order chi connectivity index (χ1) is 5.54. The Morgan fingerprint density at radius 1 is 1.33 bits per heavy atom. The Morgan fingerprint density at radius 2 is 1.83 bits per heavy atom. The maximum absolute atomic E-state index is 13.0. The minimum Gasteiger partial charge on any atom is -0.313 e. The van der Waals surface area contributed by atoms with Gasteiger partial charge in [-0.1, -0.05) is 34.6 Å². The topological polar surface area (TPSA) is 12.0 Å². The van der Waals surface area contributed by atoms with Gasteiger partial charge in [-0.15, -0.1) is 0 Å². The van der Waals surface area contributed by atoms with Gasteiger partial charge >= 0.3 is 0 Å². The average Bonchev–Trinajstić information content (AvgIpc) is 2.04. The number of hydrogen-bond donors (Lipinski definition) is 1. The van der Waals surface area contributed by atoms with Crippen molar-refractivity contribution in [3.8, 4) is 0 Å². The highest BCUT2D eigenvalue weighted by atomic mass is 19.1. The zero-order chi connectivity index (χ0) is 9.78. The lowest BCUT2D eigenvalue weighted by Crippen LogP contribution is -2.48. The van der Waals surface area contributed by atoms with Crippen LogP contribution in [0.25, 0.3) is 0 Å². The van der Waals surface area contributed by atoms with Crippen LogP contribution in [0, 0.1) is 11.3 Å². The van der Waals surface area contributed by atoms with Crippen molar-refractivity contribution in [2.75, 3.05) is 13.1 Å². The van der Waals surface area contributed by atoms with Gasteiger partial charge in [0.1, 0.15) is 6.17 Å². The first kappa shape index (κ1) is 11.9. The zero-order valence-electron chi connectivity index (χ0n) is 8.95. The monoisotopic (exact) mass is 175 g/mol. The van der Waals surface area contributed by atoms with E-state index in [9.17, 15) is 4.39 Å². The Labute approximate surface area is 75.7 Å². The summed E-state index contributed by atoms with van der Waals surface area (Å²) in [6, 6.07) is 0. The van der Waals surface area contributed by atoms with Crippen LogP contribution < -0.4 is 5.32 Å². The molecule has 74 valence electrons. The third kappa shape index (κ3) is 2.74. The van der Waals surface area contributed by atoms with E-state index < -0.39 is 6.17 Å². The molecule has 1 heterocycles. The van der Waals surface area contributed by atoms with E-state index in [2.05, 4.69) is 19.2 Å². The lowest BCUT2D eigenvalue weighted by molar-refractivity contribution is 0.0760. The minimum absolute atomic E-state index is 0.123. The summed E-state index contributed by atoms with van der Waals surface area (Å²) >= 11 is 0. The van der Waals surface area contributed by atoms with Gasteiger partial charge in [-0.2, -0.15) is 0 Å². The third-order valence-corrected chi connectivity index (χ3v) is 2.70. The van der Waals surface area contributed by atoms with E-state index in [0.29, 0.717) is 6.54 Å². The summed E-state index contributed by atoms with van der Waals surface area (Å²) in [6.45, 7) is 11.7. The molecule has 1 aliphatic heterocycles. The number of piperidine rings is 1. The summed E-state index contributed by atoms with van der Waals surface area (Å²) < 4.78 is 13.0. The van der Waals surface area contributed by atoms with Gasteiger partial charge in [-0.05, 0) is 11.3 Å². The molecule has 0 aromatic rings.